The van der Waals surface area contributed by atoms with E-state index in [1.54, 1.807) is 19.1 Å². The molecule has 1 aromatic carbocycles. The van der Waals surface area contributed by atoms with E-state index < -0.39 is 11.9 Å². The Kier molecular flexibility index (Phi) is 7.57. The van der Waals surface area contributed by atoms with Crippen molar-refractivity contribution in [3.63, 3.8) is 0 Å². The first-order valence-corrected chi connectivity index (χ1v) is 7.66. The predicted molar refractivity (Wildman–Crippen MR) is 82.7 cm³/mol. The molecule has 0 fully saturated rings. The zero-order valence-electron chi connectivity index (χ0n) is 13.4. The maximum absolute atomic E-state index is 13.1. The van der Waals surface area contributed by atoms with Gasteiger partial charge in [-0.15, -0.1) is 0 Å². The standard InChI is InChI=1S/C17H24FNO3/c1-4-15(5-2)19-16(20)11-22-17(21)12(3)9-13-7-6-8-14(18)10-13/h6-8,10,12,15H,4-5,9,11H2,1-3H3,(H,19,20). The van der Waals surface area contributed by atoms with Gasteiger partial charge in [-0.3, -0.25) is 9.59 Å². The summed E-state index contributed by atoms with van der Waals surface area (Å²) in [7, 11) is 0. The number of hydrogen-bond donors (Lipinski definition) is 1. The quantitative estimate of drug-likeness (QED) is 0.751. The van der Waals surface area contributed by atoms with Crippen LogP contribution in [0.4, 0.5) is 4.39 Å². The summed E-state index contributed by atoms with van der Waals surface area (Å²) in [5.41, 5.74) is 0.728. The van der Waals surface area contributed by atoms with Crippen molar-refractivity contribution >= 4 is 11.9 Å². The molecule has 0 radical (unpaired) electrons. The highest BCUT2D eigenvalue weighted by atomic mass is 19.1. The number of hydrogen-bond acceptors (Lipinski definition) is 3. The van der Waals surface area contributed by atoms with Gasteiger partial charge in [-0.2, -0.15) is 0 Å². The molecular formula is C17H24FNO3. The third-order valence-corrected chi connectivity index (χ3v) is 3.53. The van der Waals surface area contributed by atoms with Crippen molar-refractivity contribution in [2.75, 3.05) is 6.61 Å². The summed E-state index contributed by atoms with van der Waals surface area (Å²) in [4.78, 5) is 23.5. The van der Waals surface area contributed by atoms with Gasteiger partial charge in [0.2, 0.25) is 0 Å². The van der Waals surface area contributed by atoms with E-state index in [1.807, 2.05) is 13.8 Å². The molecule has 122 valence electrons. The summed E-state index contributed by atoms with van der Waals surface area (Å²) in [5.74, 6) is -1.51. The highest BCUT2D eigenvalue weighted by Crippen LogP contribution is 2.11. The number of carbonyl (C=O) groups is 2. The Hall–Kier alpha value is -1.91. The van der Waals surface area contributed by atoms with Crippen LogP contribution in [-0.4, -0.2) is 24.5 Å². The second-order valence-electron chi connectivity index (χ2n) is 5.42. The van der Waals surface area contributed by atoms with E-state index >= 15 is 0 Å². The summed E-state index contributed by atoms with van der Waals surface area (Å²) in [6.45, 7) is 5.40. The highest BCUT2D eigenvalue weighted by Gasteiger charge is 2.17. The van der Waals surface area contributed by atoms with Gasteiger partial charge in [0, 0.05) is 6.04 Å². The molecule has 0 aliphatic carbocycles. The minimum Gasteiger partial charge on any atom is -0.455 e. The molecule has 1 rings (SSSR count). The van der Waals surface area contributed by atoms with Crippen LogP contribution < -0.4 is 5.32 Å². The number of halogens is 1. The first kappa shape index (κ1) is 18.1. The van der Waals surface area contributed by atoms with E-state index in [0.717, 1.165) is 18.4 Å². The molecule has 5 heteroatoms. The van der Waals surface area contributed by atoms with Crippen LogP contribution >= 0.6 is 0 Å². The van der Waals surface area contributed by atoms with E-state index in [1.165, 1.54) is 12.1 Å². The van der Waals surface area contributed by atoms with Gasteiger partial charge >= 0.3 is 5.97 Å². The number of ether oxygens (including phenoxy) is 1. The topological polar surface area (TPSA) is 55.4 Å². The smallest absolute Gasteiger partial charge is 0.309 e. The van der Waals surface area contributed by atoms with Crippen molar-refractivity contribution in [1.29, 1.82) is 0 Å². The molecule has 0 aromatic heterocycles. The first-order chi connectivity index (χ1) is 10.5. The van der Waals surface area contributed by atoms with Gasteiger partial charge in [-0.05, 0) is 37.0 Å². The molecule has 0 bridgehead atoms. The molecule has 0 spiro atoms. The number of benzene rings is 1. The van der Waals surface area contributed by atoms with Crippen LogP contribution in [0.3, 0.4) is 0 Å². The van der Waals surface area contributed by atoms with Gasteiger partial charge < -0.3 is 10.1 Å². The molecular weight excluding hydrogens is 285 g/mol. The molecule has 0 aliphatic rings. The Labute approximate surface area is 131 Å². The molecule has 1 atom stereocenters. The SMILES string of the molecule is CCC(CC)NC(=O)COC(=O)C(C)Cc1cccc(F)c1. The second kappa shape index (κ2) is 9.18. The van der Waals surface area contributed by atoms with E-state index in [0.29, 0.717) is 6.42 Å². The van der Waals surface area contributed by atoms with Crippen molar-refractivity contribution in [2.45, 2.75) is 46.1 Å². The third kappa shape index (κ3) is 6.24. The van der Waals surface area contributed by atoms with E-state index in [9.17, 15) is 14.0 Å². The van der Waals surface area contributed by atoms with Crippen LogP contribution in [0.25, 0.3) is 0 Å². The summed E-state index contributed by atoms with van der Waals surface area (Å²) in [5, 5.41) is 2.80. The molecule has 1 aromatic rings. The summed E-state index contributed by atoms with van der Waals surface area (Å²) in [6.07, 6.45) is 2.06. The van der Waals surface area contributed by atoms with Crippen molar-refractivity contribution in [3.8, 4) is 0 Å². The molecule has 0 heterocycles. The molecule has 1 unspecified atom stereocenters. The normalized spacial score (nSPS) is 12.0. The van der Waals surface area contributed by atoms with Gasteiger partial charge in [0.15, 0.2) is 6.61 Å². The van der Waals surface area contributed by atoms with Gasteiger partial charge in [-0.25, -0.2) is 4.39 Å². The van der Waals surface area contributed by atoms with Crippen molar-refractivity contribution in [3.05, 3.63) is 35.6 Å². The molecule has 0 saturated carbocycles. The average Bonchev–Trinajstić information content (AvgIpc) is 2.50. The molecule has 0 aliphatic heterocycles. The maximum Gasteiger partial charge on any atom is 0.309 e. The minimum atomic E-state index is -0.455. The summed E-state index contributed by atoms with van der Waals surface area (Å²) >= 11 is 0. The lowest BCUT2D eigenvalue weighted by Gasteiger charge is -2.15. The van der Waals surface area contributed by atoms with Gasteiger partial charge in [-0.1, -0.05) is 32.9 Å². The van der Waals surface area contributed by atoms with Crippen LogP contribution in [-0.2, 0) is 20.7 Å². The molecule has 22 heavy (non-hydrogen) atoms. The van der Waals surface area contributed by atoms with E-state index in [2.05, 4.69) is 5.32 Å². The Morgan fingerprint density at radius 3 is 2.55 bits per heavy atom. The Balaban J connectivity index is 2.39. The van der Waals surface area contributed by atoms with Crippen molar-refractivity contribution in [2.24, 2.45) is 5.92 Å². The van der Waals surface area contributed by atoms with Gasteiger partial charge in [0.25, 0.3) is 5.91 Å². The van der Waals surface area contributed by atoms with Crippen LogP contribution in [0.5, 0.6) is 0 Å². The fourth-order valence-corrected chi connectivity index (χ4v) is 2.14. The number of amides is 1. The Bertz CT molecular complexity index is 500. The van der Waals surface area contributed by atoms with Crippen LogP contribution in [0.2, 0.25) is 0 Å². The lowest BCUT2D eigenvalue weighted by molar-refractivity contribution is -0.152. The van der Waals surface area contributed by atoms with E-state index in [4.69, 9.17) is 4.74 Å². The molecule has 0 saturated heterocycles. The Morgan fingerprint density at radius 1 is 1.27 bits per heavy atom. The summed E-state index contributed by atoms with van der Waals surface area (Å²) in [6, 6.07) is 6.22. The lowest BCUT2D eigenvalue weighted by Crippen LogP contribution is -2.37. The maximum atomic E-state index is 13.1. The minimum absolute atomic E-state index is 0.107. The van der Waals surface area contributed by atoms with Crippen LogP contribution in [0.1, 0.15) is 39.2 Å². The largest absolute Gasteiger partial charge is 0.455 e. The number of esters is 1. The summed E-state index contributed by atoms with van der Waals surface area (Å²) < 4.78 is 18.1. The third-order valence-electron chi connectivity index (χ3n) is 3.53. The predicted octanol–water partition coefficient (Wildman–Crippen LogP) is 2.85. The van der Waals surface area contributed by atoms with Gasteiger partial charge in [0.05, 0.1) is 5.92 Å². The zero-order valence-corrected chi connectivity index (χ0v) is 13.4. The first-order valence-electron chi connectivity index (χ1n) is 7.66. The monoisotopic (exact) mass is 309 g/mol. The fourth-order valence-electron chi connectivity index (χ4n) is 2.14. The Morgan fingerprint density at radius 2 is 1.95 bits per heavy atom. The zero-order chi connectivity index (χ0) is 16.5. The lowest BCUT2D eigenvalue weighted by atomic mass is 10.0. The second-order valence-corrected chi connectivity index (χ2v) is 5.42. The molecule has 1 amide bonds. The van der Waals surface area contributed by atoms with Crippen LogP contribution in [0.15, 0.2) is 24.3 Å². The molecule has 1 N–H and O–H groups in total. The number of rotatable bonds is 8. The molecule has 4 nitrogen and oxygen atoms in total. The number of carbonyl (C=O) groups excluding carboxylic acids is 2. The van der Waals surface area contributed by atoms with Crippen molar-refractivity contribution < 1.29 is 18.7 Å². The number of nitrogens with one attached hydrogen (secondary N) is 1. The van der Waals surface area contributed by atoms with Crippen LogP contribution in [0, 0.1) is 11.7 Å². The van der Waals surface area contributed by atoms with E-state index in [-0.39, 0.29) is 24.4 Å². The highest BCUT2D eigenvalue weighted by molar-refractivity contribution is 5.81. The average molecular weight is 309 g/mol. The fraction of sp³-hybridized carbons (Fsp3) is 0.529. The van der Waals surface area contributed by atoms with Crippen molar-refractivity contribution in [1.82, 2.24) is 5.32 Å². The van der Waals surface area contributed by atoms with Gasteiger partial charge in [0.1, 0.15) is 5.82 Å².